The summed E-state index contributed by atoms with van der Waals surface area (Å²) in [7, 11) is 0. The van der Waals surface area contributed by atoms with Crippen molar-refractivity contribution in [2.45, 2.75) is 12.6 Å². The van der Waals surface area contributed by atoms with Crippen LogP contribution < -0.4 is 5.32 Å². The van der Waals surface area contributed by atoms with Gasteiger partial charge in [0.1, 0.15) is 0 Å². The summed E-state index contributed by atoms with van der Waals surface area (Å²) < 4.78 is 2.28. The minimum Gasteiger partial charge on any atom is -0.345 e. The van der Waals surface area contributed by atoms with Gasteiger partial charge in [0.2, 0.25) is 0 Å². The molecule has 3 heterocycles. The molecule has 0 radical (unpaired) electrons. The van der Waals surface area contributed by atoms with Crippen LogP contribution in [-0.4, -0.2) is 16.1 Å². The molecule has 15 heavy (non-hydrogen) atoms. The van der Waals surface area contributed by atoms with E-state index in [1.165, 1.54) is 11.3 Å². The highest BCUT2D eigenvalue weighted by atomic mass is 15.1. The van der Waals surface area contributed by atoms with E-state index in [1.54, 1.807) is 0 Å². The number of nitrogens with zero attached hydrogens (tertiary/aromatic N) is 2. The highest BCUT2D eigenvalue weighted by Gasteiger charge is 2.24. The minimum atomic E-state index is 0.566. The molecule has 1 saturated heterocycles. The molecule has 1 fully saturated rings. The third-order valence-electron chi connectivity index (χ3n) is 2.71. The van der Waals surface area contributed by atoms with E-state index in [-0.39, 0.29) is 0 Å². The van der Waals surface area contributed by atoms with E-state index < -0.39 is 0 Å². The summed E-state index contributed by atoms with van der Waals surface area (Å²) in [4.78, 5) is 4.13. The van der Waals surface area contributed by atoms with Gasteiger partial charge in [0, 0.05) is 37.4 Å². The summed E-state index contributed by atoms with van der Waals surface area (Å²) in [6, 6.07) is 8.94. The van der Waals surface area contributed by atoms with Gasteiger partial charge in [-0.25, -0.2) is 0 Å². The van der Waals surface area contributed by atoms with Crippen molar-refractivity contribution < 1.29 is 0 Å². The average Bonchev–Trinajstić information content (AvgIpc) is 3.02. The zero-order chi connectivity index (χ0) is 10.1. The van der Waals surface area contributed by atoms with E-state index >= 15 is 0 Å². The fraction of sp³-hybridized carbons (Fsp3) is 0.250. The van der Waals surface area contributed by atoms with E-state index in [1.807, 2.05) is 18.5 Å². The predicted molar refractivity (Wildman–Crippen MR) is 58.5 cm³/mol. The van der Waals surface area contributed by atoms with Crippen LogP contribution in [0.2, 0.25) is 0 Å². The van der Waals surface area contributed by atoms with Crippen LogP contribution in [0.3, 0.4) is 0 Å². The summed E-state index contributed by atoms with van der Waals surface area (Å²) in [5.41, 5.74) is 2.62. The van der Waals surface area contributed by atoms with Crippen molar-refractivity contribution in [1.82, 2.24) is 14.9 Å². The zero-order valence-electron chi connectivity index (χ0n) is 8.43. The molecule has 0 bridgehead atoms. The largest absolute Gasteiger partial charge is 0.345 e. The van der Waals surface area contributed by atoms with E-state index in [4.69, 9.17) is 0 Å². The quantitative estimate of drug-likeness (QED) is 0.762. The maximum Gasteiger partial charge on any atom is 0.0602 e. The average molecular weight is 199 g/mol. The van der Waals surface area contributed by atoms with E-state index in [0.29, 0.717) is 6.04 Å². The third-order valence-corrected chi connectivity index (χ3v) is 2.71. The van der Waals surface area contributed by atoms with Gasteiger partial charge in [-0.2, -0.15) is 0 Å². The molecule has 0 saturated carbocycles. The molecule has 0 spiro atoms. The standard InChI is InChI=1S/C12H13N3/c1-3-10(7-13-5-1)9-15-6-2-4-12(15)11-8-14-11/h1-7,11,14H,8-9H2/t11-/m1/s1. The van der Waals surface area contributed by atoms with Crippen molar-refractivity contribution in [1.29, 1.82) is 0 Å². The van der Waals surface area contributed by atoms with Gasteiger partial charge in [0.05, 0.1) is 6.04 Å². The second-order valence-corrected chi connectivity index (χ2v) is 3.88. The van der Waals surface area contributed by atoms with Crippen molar-refractivity contribution in [3.05, 3.63) is 54.1 Å². The molecular formula is C12H13N3. The molecule has 76 valence electrons. The van der Waals surface area contributed by atoms with Crippen LogP contribution in [0.15, 0.2) is 42.9 Å². The molecule has 3 heteroatoms. The molecule has 1 atom stereocenters. The fourth-order valence-corrected chi connectivity index (χ4v) is 1.84. The topological polar surface area (TPSA) is 39.8 Å². The van der Waals surface area contributed by atoms with Gasteiger partial charge in [-0.3, -0.25) is 4.98 Å². The van der Waals surface area contributed by atoms with E-state index in [0.717, 1.165) is 13.1 Å². The third kappa shape index (κ3) is 1.78. The van der Waals surface area contributed by atoms with Crippen molar-refractivity contribution >= 4 is 0 Å². The monoisotopic (exact) mass is 199 g/mol. The van der Waals surface area contributed by atoms with Crippen LogP contribution in [0.1, 0.15) is 17.3 Å². The Labute approximate surface area is 88.8 Å². The van der Waals surface area contributed by atoms with Crippen LogP contribution in [0.4, 0.5) is 0 Å². The smallest absolute Gasteiger partial charge is 0.0602 e. The molecule has 1 aliphatic rings. The van der Waals surface area contributed by atoms with Gasteiger partial charge in [-0.15, -0.1) is 0 Å². The normalized spacial score (nSPS) is 19.1. The first-order valence-corrected chi connectivity index (χ1v) is 5.21. The van der Waals surface area contributed by atoms with Gasteiger partial charge < -0.3 is 9.88 Å². The van der Waals surface area contributed by atoms with Crippen LogP contribution in [-0.2, 0) is 6.54 Å². The molecule has 0 aliphatic carbocycles. The lowest BCUT2D eigenvalue weighted by atomic mass is 10.2. The van der Waals surface area contributed by atoms with Gasteiger partial charge in [0.25, 0.3) is 0 Å². The Balaban J connectivity index is 1.84. The zero-order valence-corrected chi connectivity index (χ0v) is 8.43. The van der Waals surface area contributed by atoms with Crippen molar-refractivity contribution in [3.63, 3.8) is 0 Å². The molecule has 3 nitrogen and oxygen atoms in total. The van der Waals surface area contributed by atoms with Crippen molar-refractivity contribution in [2.24, 2.45) is 0 Å². The predicted octanol–water partition coefficient (Wildman–Crippen LogP) is 1.58. The number of nitrogens with one attached hydrogen (secondary N) is 1. The molecule has 1 N–H and O–H groups in total. The van der Waals surface area contributed by atoms with Crippen LogP contribution in [0.25, 0.3) is 0 Å². The second kappa shape index (κ2) is 3.51. The number of hydrogen-bond acceptors (Lipinski definition) is 2. The number of hydrogen-bond donors (Lipinski definition) is 1. The van der Waals surface area contributed by atoms with Crippen molar-refractivity contribution in [2.75, 3.05) is 6.54 Å². The van der Waals surface area contributed by atoms with E-state index in [9.17, 15) is 0 Å². The first-order valence-electron chi connectivity index (χ1n) is 5.21. The highest BCUT2D eigenvalue weighted by Crippen LogP contribution is 2.22. The van der Waals surface area contributed by atoms with E-state index in [2.05, 4.69) is 39.3 Å². The lowest BCUT2D eigenvalue weighted by molar-refractivity contribution is 0.740. The number of aromatic nitrogens is 2. The summed E-state index contributed by atoms with van der Waals surface area (Å²) >= 11 is 0. The molecular weight excluding hydrogens is 186 g/mol. The lowest BCUT2D eigenvalue weighted by Crippen LogP contribution is -2.03. The van der Waals surface area contributed by atoms with Crippen LogP contribution in [0, 0.1) is 0 Å². The Morgan fingerprint density at radius 1 is 1.40 bits per heavy atom. The summed E-state index contributed by atoms with van der Waals surface area (Å²) in [6.07, 6.45) is 5.86. The molecule has 2 aromatic heterocycles. The summed E-state index contributed by atoms with van der Waals surface area (Å²) in [5.74, 6) is 0. The first kappa shape index (κ1) is 8.68. The maximum atomic E-state index is 4.13. The highest BCUT2D eigenvalue weighted by molar-refractivity contribution is 5.20. The Morgan fingerprint density at radius 3 is 3.07 bits per heavy atom. The molecule has 1 aliphatic heterocycles. The molecule has 3 rings (SSSR count). The Bertz CT molecular complexity index is 443. The summed E-state index contributed by atoms with van der Waals surface area (Å²) in [5, 5.41) is 3.33. The Kier molecular flexibility index (Phi) is 2.03. The summed E-state index contributed by atoms with van der Waals surface area (Å²) in [6.45, 7) is 2.02. The minimum absolute atomic E-state index is 0.566. The number of pyridine rings is 1. The molecule has 0 aromatic carbocycles. The van der Waals surface area contributed by atoms with Gasteiger partial charge in [0.15, 0.2) is 0 Å². The van der Waals surface area contributed by atoms with Gasteiger partial charge in [-0.1, -0.05) is 6.07 Å². The first-order chi connectivity index (χ1) is 7.43. The maximum absolute atomic E-state index is 4.13. The van der Waals surface area contributed by atoms with Gasteiger partial charge in [-0.05, 0) is 23.8 Å². The molecule has 0 amide bonds. The van der Waals surface area contributed by atoms with Gasteiger partial charge >= 0.3 is 0 Å². The number of rotatable bonds is 3. The van der Waals surface area contributed by atoms with Crippen LogP contribution in [0.5, 0.6) is 0 Å². The second-order valence-electron chi connectivity index (χ2n) is 3.88. The van der Waals surface area contributed by atoms with Crippen molar-refractivity contribution in [3.8, 4) is 0 Å². The molecule has 0 unspecified atom stereocenters. The fourth-order valence-electron chi connectivity index (χ4n) is 1.84. The Hall–Kier alpha value is -1.61. The lowest BCUT2D eigenvalue weighted by Gasteiger charge is -2.07. The molecule has 2 aromatic rings. The SMILES string of the molecule is c1cncc(Cn2cccc2[C@H]2CN2)c1. The van der Waals surface area contributed by atoms with Crippen LogP contribution >= 0.6 is 0 Å². The Morgan fingerprint density at radius 2 is 2.33 bits per heavy atom.